The summed E-state index contributed by atoms with van der Waals surface area (Å²) in [6.07, 6.45) is 7.43. The number of likely N-dealkylation sites (tertiary alicyclic amines) is 1. The minimum atomic E-state index is 0.430. The van der Waals surface area contributed by atoms with Crippen molar-refractivity contribution in [1.29, 1.82) is 0 Å². The van der Waals surface area contributed by atoms with Gasteiger partial charge in [0.2, 0.25) is 0 Å². The first-order chi connectivity index (χ1) is 9.24. The monoisotopic (exact) mass is 268 g/mol. The summed E-state index contributed by atoms with van der Waals surface area (Å²) < 4.78 is 5.64. The predicted octanol–water partition coefficient (Wildman–Crippen LogP) is 2.51. The summed E-state index contributed by atoms with van der Waals surface area (Å²) >= 11 is 0. The molecule has 1 saturated carbocycles. The lowest BCUT2D eigenvalue weighted by Gasteiger charge is -2.39. The number of likely N-dealkylation sites (N-methyl/N-ethyl adjacent to an activating group) is 1. The maximum absolute atomic E-state index is 5.64. The van der Waals surface area contributed by atoms with Gasteiger partial charge in [-0.2, -0.15) is 0 Å². The van der Waals surface area contributed by atoms with Gasteiger partial charge in [-0.15, -0.1) is 0 Å². The van der Waals surface area contributed by atoms with E-state index in [1.165, 1.54) is 45.2 Å². The normalized spacial score (nSPS) is 31.7. The maximum atomic E-state index is 5.64. The third-order valence-electron chi connectivity index (χ3n) is 5.17. The highest BCUT2D eigenvalue weighted by Gasteiger charge is 2.30. The number of hydrogen-bond acceptors (Lipinski definition) is 3. The number of methoxy groups -OCH3 is 1. The van der Waals surface area contributed by atoms with E-state index in [0.29, 0.717) is 18.1 Å². The molecule has 2 aliphatic rings. The van der Waals surface area contributed by atoms with E-state index in [2.05, 4.69) is 24.1 Å². The largest absolute Gasteiger partial charge is 0.380 e. The van der Waals surface area contributed by atoms with Gasteiger partial charge in [-0.3, -0.25) is 4.90 Å². The Bertz CT molecular complexity index is 253. The molecule has 1 saturated heterocycles. The summed E-state index contributed by atoms with van der Waals surface area (Å²) in [5.41, 5.74) is 0. The molecule has 0 spiro atoms. The molecule has 1 aliphatic heterocycles. The Morgan fingerprint density at radius 1 is 1.26 bits per heavy atom. The molecule has 2 fully saturated rings. The topological polar surface area (TPSA) is 24.5 Å². The zero-order valence-corrected chi connectivity index (χ0v) is 13.0. The zero-order valence-electron chi connectivity index (χ0n) is 13.0. The van der Waals surface area contributed by atoms with Crippen LogP contribution >= 0.6 is 0 Å². The highest BCUT2D eigenvalue weighted by Crippen LogP contribution is 2.29. The standard InChI is InChI=1S/C16H32N2O/c1-4-17-15(14-7-5-6-8-14)11-18-10-9-13(2)16(12-18)19-3/h13-17H,4-12H2,1-3H3. The quantitative estimate of drug-likeness (QED) is 0.801. The molecule has 0 bridgehead atoms. The highest BCUT2D eigenvalue weighted by atomic mass is 16.5. The number of nitrogens with one attached hydrogen (secondary N) is 1. The number of hydrogen-bond donors (Lipinski definition) is 1. The summed E-state index contributed by atoms with van der Waals surface area (Å²) in [7, 11) is 1.86. The summed E-state index contributed by atoms with van der Waals surface area (Å²) in [6.45, 7) is 9.23. The molecule has 3 unspecified atom stereocenters. The van der Waals surface area contributed by atoms with Crippen LogP contribution in [0.3, 0.4) is 0 Å². The van der Waals surface area contributed by atoms with Crippen LogP contribution in [-0.2, 0) is 4.74 Å². The molecule has 3 nitrogen and oxygen atoms in total. The van der Waals surface area contributed by atoms with Crippen LogP contribution in [0.4, 0.5) is 0 Å². The first-order valence-corrected chi connectivity index (χ1v) is 8.23. The highest BCUT2D eigenvalue weighted by molar-refractivity contribution is 4.86. The Hall–Kier alpha value is -0.120. The second kappa shape index (κ2) is 7.61. The van der Waals surface area contributed by atoms with Gasteiger partial charge in [0.25, 0.3) is 0 Å². The van der Waals surface area contributed by atoms with E-state index in [1.807, 2.05) is 7.11 Å². The van der Waals surface area contributed by atoms with Crippen LogP contribution in [0.2, 0.25) is 0 Å². The van der Waals surface area contributed by atoms with E-state index in [9.17, 15) is 0 Å². The summed E-state index contributed by atoms with van der Waals surface area (Å²) in [6, 6.07) is 0.693. The van der Waals surface area contributed by atoms with E-state index in [4.69, 9.17) is 4.74 Å². The van der Waals surface area contributed by atoms with Gasteiger partial charge in [0.1, 0.15) is 0 Å². The minimum Gasteiger partial charge on any atom is -0.380 e. The van der Waals surface area contributed by atoms with Crippen LogP contribution in [-0.4, -0.2) is 50.3 Å². The number of ether oxygens (including phenoxy) is 1. The van der Waals surface area contributed by atoms with Crippen LogP contribution < -0.4 is 5.32 Å². The third kappa shape index (κ3) is 4.17. The average molecular weight is 268 g/mol. The van der Waals surface area contributed by atoms with E-state index in [0.717, 1.165) is 19.0 Å². The van der Waals surface area contributed by atoms with Crippen molar-refractivity contribution in [1.82, 2.24) is 10.2 Å². The van der Waals surface area contributed by atoms with Gasteiger partial charge < -0.3 is 10.1 Å². The molecule has 1 heterocycles. The second-order valence-corrected chi connectivity index (χ2v) is 6.51. The minimum absolute atomic E-state index is 0.430. The molecule has 0 radical (unpaired) electrons. The van der Waals surface area contributed by atoms with Gasteiger partial charge in [0.05, 0.1) is 6.10 Å². The van der Waals surface area contributed by atoms with Crippen LogP contribution in [0, 0.1) is 11.8 Å². The van der Waals surface area contributed by atoms with Crippen LogP contribution in [0.1, 0.15) is 46.0 Å². The smallest absolute Gasteiger partial charge is 0.0724 e. The molecule has 3 atom stereocenters. The molecule has 112 valence electrons. The second-order valence-electron chi connectivity index (χ2n) is 6.51. The van der Waals surface area contributed by atoms with Crippen molar-refractivity contribution >= 4 is 0 Å². The molecule has 1 aliphatic carbocycles. The van der Waals surface area contributed by atoms with Gasteiger partial charge in [-0.1, -0.05) is 26.7 Å². The van der Waals surface area contributed by atoms with Crippen molar-refractivity contribution in [2.45, 2.75) is 58.1 Å². The van der Waals surface area contributed by atoms with Crippen LogP contribution in [0.5, 0.6) is 0 Å². The van der Waals surface area contributed by atoms with Crippen LogP contribution in [0.25, 0.3) is 0 Å². The molecule has 2 rings (SSSR count). The van der Waals surface area contributed by atoms with Crippen LogP contribution in [0.15, 0.2) is 0 Å². The zero-order chi connectivity index (χ0) is 13.7. The number of piperidine rings is 1. The predicted molar refractivity (Wildman–Crippen MR) is 80.4 cm³/mol. The first kappa shape index (κ1) is 15.3. The molecule has 0 aromatic heterocycles. The van der Waals surface area contributed by atoms with Gasteiger partial charge in [0, 0.05) is 26.2 Å². The molecular formula is C16H32N2O. The number of nitrogens with zero attached hydrogens (tertiary/aromatic N) is 1. The Morgan fingerprint density at radius 2 is 2.00 bits per heavy atom. The van der Waals surface area contributed by atoms with E-state index >= 15 is 0 Å². The Labute approximate surface area is 119 Å². The molecule has 0 aromatic rings. The molecular weight excluding hydrogens is 236 g/mol. The lowest BCUT2D eigenvalue weighted by atomic mass is 9.93. The summed E-state index contributed by atoms with van der Waals surface area (Å²) in [4.78, 5) is 2.62. The average Bonchev–Trinajstić information content (AvgIpc) is 2.94. The summed E-state index contributed by atoms with van der Waals surface area (Å²) in [5.74, 6) is 1.62. The molecule has 19 heavy (non-hydrogen) atoms. The van der Waals surface area contributed by atoms with Gasteiger partial charge >= 0.3 is 0 Å². The fourth-order valence-electron chi connectivity index (χ4n) is 3.85. The van der Waals surface area contributed by atoms with E-state index < -0.39 is 0 Å². The lowest BCUT2D eigenvalue weighted by molar-refractivity contribution is -0.00920. The third-order valence-corrected chi connectivity index (χ3v) is 5.17. The fourth-order valence-corrected chi connectivity index (χ4v) is 3.85. The maximum Gasteiger partial charge on any atom is 0.0724 e. The van der Waals surface area contributed by atoms with Crippen molar-refractivity contribution in [3.8, 4) is 0 Å². The summed E-state index contributed by atoms with van der Waals surface area (Å²) in [5, 5.41) is 3.73. The van der Waals surface area contributed by atoms with Crippen molar-refractivity contribution in [2.24, 2.45) is 11.8 Å². The fraction of sp³-hybridized carbons (Fsp3) is 1.00. The number of rotatable bonds is 6. The van der Waals surface area contributed by atoms with Crippen molar-refractivity contribution in [2.75, 3.05) is 33.3 Å². The molecule has 1 N–H and O–H groups in total. The SMILES string of the molecule is CCNC(CN1CCC(C)C(OC)C1)C1CCCC1. The van der Waals surface area contributed by atoms with Crippen molar-refractivity contribution < 1.29 is 4.74 Å². The van der Waals surface area contributed by atoms with Gasteiger partial charge in [-0.05, 0) is 44.2 Å². The molecule has 3 heteroatoms. The Morgan fingerprint density at radius 3 is 2.63 bits per heavy atom. The van der Waals surface area contributed by atoms with Gasteiger partial charge in [0.15, 0.2) is 0 Å². The van der Waals surface area contributed by atoms with Crippen molar-refractivity contribution in [3.63, 3.8) is 0 Å². The van der Waals surface area contributed by atoms with E-state index in [-0.39, 0.29) is 0 Å². The Kier molecular flexibility index (Phi) is 6.11. The molecule has 0 amide bonds. The lowest BCUT2D eigenvalue weighted by Crippen LogP contribution is -2.51. The van der Waals surface area contributed by atoms with Gasteiger partial charge in [-0.25, -0.2) is 0 Å². The molecule has 0 aromatic carbocycles. The Balaban J connectivity index is 1.85. The van der Waals surface area contributed by atoms with Crippen molar-refractivity contribution in [3.05, 3.63) is 0 Å². The first-order valence-electron chi connectivity index (χ1n) is 8.23. The van der Waals surface area contributed by atoms with E-state index in [1.54, 1.807) is 0 Å².